The van der Waals surface area contributed by atoms with Crippen LogP contribution in [0.3, 0.4) is 0 Å². The van der Waals surface area contributed by atoms with Crippen LogP contribution in [0, 0.1) is 0 Å². The quantitative estimate of drug-likeness (QED) is 0.686. The van der Waals surface area contributed by atoms with E-state index in [0.29, 0.717) is 4.88 Å². The van der Waals surface area contributed by atoms with Crippen molar-refractivity contribution >= 4 is 40.5 Å². The van der Waals surface area contributed by atoms with E-state index >= 15 is 0 Å². The van der Waals surface area contributed by atoms with Crippen LogP contribution in [-0.2, 0) is 4.79 Å². The van der Waals surface area contributed by atoms with Crippen LogP contribution in [0.15, 0.2) is 17.5 Å². The van der Waals surface area contributed by atoms with Crippen LogP contribution in [0.4, 0.5) is 0 Å². The van der Waals surface area contributed by atoms with Gasteiger partial charge in [-0.15, -0.1) is 11.3 Å². The first-order chi connectivity index (χ1) is 7.18. The number of rotatable bonds is 2. The van der Waals surface area contributed by atoms with Gasteiger partial charge in [-0.05, 0) is 23.7 Å². The fourth-order valence-electron chi connectivity index (χ4n) is 1.10. The zero-order valence-electron chi connectivity index (χ0n) is 8.02. The molecule has 0 spiro atoms. The Bertz CT molecular complexity index is 402. The Morgan fingerprint density at radius 2 is 2.38 bits per heavy atom. The van der Waals surface area contributed by atoms with Crippen molar-refractivity contribution in [1.82, 2.24) is 15.8 Å². The Kier molecular flexibility index (Phi) is 3.93. The van der Waals surface area contributed by atoms with E-state index in [9.17, 15) is 9.59 Å². The maximum Gasteiger partial charge on any atom is 0.280 e. The van der Waals surface area contributed by atoms with Crippen LogP contribution in [0.5, 0.6) is 0 Å². The molecule has 0 unspecified atom stereocenters. The lowest BCUT2D eigenvalue weighted by Gasteiger charge is -2.14. The van der Waals surface area contributed by atoms with Gasteiger partial charge in [-0.25, -0.2) is 0 Å². The number of thiocarbonyl (C=S) groups is 1. The molecule has 2 heterocycles. The Hall–Kier alpha value is -1.51. The third kappa shape index (κ3) is 2.35. The highest BCUT2D eigenvalue weighted by molar-refractivity contribution is 7.80. The van der Waals surface area contributed by atoms with Crippen molar-refractivity contribution in [3.63, 3.8) is 0 Å². The number of thiophene rings is 1. The monoisotopic (exact) mass is 259 g/mol. The second-order valence-electron chi connectivity index (χ2n) is 2.81. The van der Waals surface area contributed by atoms with Crippen LogP contribution < -0.4 is 10.7 Å². The predicted octanol–water partition coefficient (Wildman–Crippen LogP) is -0.715. The minimum Gasteiger partial charge on any atom is -0.412 e. The molecule has 16 heavy (non-hydrogen) atoms. The number of carbonyl (C=O) groups is 2. The summed E-state index contributed by atoms with van der Waals surface area (Å²) in [7, 11) is 0. The van der Waals surface area contributed by atoms with Crippen LogP contribution in [0.25, 0.3) is 0 Å². The Labute approximate surface area is 101 Å². The van der Waals surface area contributed by atoms with Gasteiger partial charge in [0.05, 0.1) is 11.4 Å². The minimum atomic E-state index is -0.329. The zero-order valence-corrected chi connectivity index (χ0v) is 9.65. The number of nitrogens with zero attached hydrogens (tertiary/aromatic N) is 1. The van der Waals surface area contributed by atoms with E-state index in [-0.39, 0.29) is 28.9 Å². The highest BCUT2D eigenvalue weighted by atomic mass is 32.1. The van der Waals surface area contributed by atoms with Gasteiger partial charge in [-0.1, -0.05) is 6.07 Å². The van der Waals surface area contributed by atoms with E-state index in [4.69, 9.17) is 12.2 Å². The molecule has 8 heteroatoms. The van der Waals surface area contributed by atoms with E-state index < -0.39 is 0 Å². The molecule has 2 amide bonds. The molecule has 1 aliphatic rings. The molecule has 0 atom stereocenters. The van der Waals surface area contributed by atoms with Crippen LogP contribution in [-0.4, -0.2) is 34.0 Å². The average molecular weight is 259 g/mol. The molecule has 1 aliphatic heterocycles. The molecule has 0 radical (unpaired) electrons. The van der Waals surface area contributed by atoms with Crippen LogP contribution in [0.2, 0.25) is 0 Å². The van der Waals surface area contributed by atoms with Crippen molar-refractivity contribution < 1.29 is 15.1 Å². The molecular formula is C8H9N3O3S2. The first-order valence-electron chi connectivity index (χ1n) is 4.14. The summed E-state index contributed by atoms with van der Waals surface area (Å²) >= 11 is 6.15. The summed E-state index contributed by atoms with van der Waals surface area (Å²) < 4.78 is 0. The number of carbonyl (C=O) groups excluding carboxylic acids is 2. The first kappa shape index (κ1) is 12.6. The lowest BCUT2D eigenvalue weighted by atomic mass is 10.4. The van der Waals surface area contributed by atoms with Crippen molar-refractivity contribution in [2.75, 3.05) is 6.54 Å². The molecule has 6 nitrogen and oxygen atoms in total. The van der Waals surface area contributed by atoms with E-state index in [2.05, 4.69) is 10.7 Å². The summed E-state index contributed by atoms with van der Waals surface area (Å²) in [6.45, 7) is 0.129. The maximum absolute atomic E-state index is 11.6. The fourth-order valence-corrected chi connectivity index (χ4v) is 1.93. The molecule has 0 aliphatic carbocycles. The predicted molar refractivity (Wildman–Crippen MR) is 62.8 cm³/mol. The fraction of sp³-hybridized carbons (Fsp3) is 0.125. The SMILES string of the molecule is O.O=C(NN1C(=O)CNC1=S)c1cccs1. The normalized spacial score (nSPS) is 14.4. The van der Waals surface area contributed by atoms with Crippen molar-refractivity contribution in [2.24, 2.45) is 0 Å². The van der Waals surface area contributed by atoms with Gasteiger partial charge in [0, 0.05) is 0 Å². The van der Waals surface area contributed by atoms with Crippen LogP contribution >= 0.6 is 23.6 Å². The number of hydrazine groups is 1. The molecule has 1 saturated heterocycles. The van der Waals surface area contributed by atoms with Crippen molar-refractivity contribution in [3.05, 3.63) is 22.4 Å². The third-order valence-corrected chi connectivity index (χ3v) is 3.00. The van der Waals surface area contributed by atoms with Gasteiger partial charge in [-0.2, -0.15) is 5.01 Å². The van der Waals surface area contributed by atoms with E-state index in [1.54, 1.807) is 17.5 Å². The number of nitrogens with one attached hydrogen (secondary N) is 2. The molecule has 1 fully saturated rings. The lowest BCUT2D eigenvalue weighted by molar-refractivity contribution is -0.126. The number of hydrogen-bond donors (Lipinski definition) is 2. The topological polar surface area (TPSA) is 92.9 Å². The molecule has 4 N–H and O–H groups in total. The summed E-state index contributed by atoms with van der Waals surface area (Å²) in [5.74, 6) is -0.589. The highest BCUT2D eigenvalue weighted by Gasteiger charge is 2.27. The Morgan fingerprint density at radius 1 is 1.62 bits per heavy atom. The van der Waals surface area contributed by atoms with Gasteiger partial charge in [0.25, 0.3) is 11.8 Å². The lowest BCUT2D eigenvalue weighted by Crippen LogP contribution is -2.46. The molecule has 0 saturated carbocycles. The van der Waals surface area contributed by atoms with Crippen molar-refractivity contribution in [2.45, 2.75) is 0 Å². The Morgan fingerprint density at radius 3 is 2.88 bits per heavy atom. The molecule has 2 rings (SSSR count). The van der Waals surface area contributed by atoms with Gasteiger partial charge >= 0.3 is 0 Å². The molecule has 0 aromatic carbocycles. The molecule has 1 aromatic heterocycles. The Balaban J connectivity index is 0.00000128. The molecule has 86 valence electrons. The smallest absolute Gasteiger partial charge is 0.280 e. The van der Waals surface area contributed by atoms with Crippen molar-refractivity contribution in [1.29, 1.82) is 0 Å². The summed E-state index contributed by atoms with van der Waals surface area (Å²) in [6.07, 6.45) is 0. The van der Waals surface area contributed by atoms with Crippen LogP contribution in [0.1, 0.15) is 9.67 Å². The maximum atomic E-state index is 11.6. The molecular weight excluding hydrogens is 250 g/mol. The number of hydrogen-bond acceptors (Lipinski definition) is 4. The molecule has 0 bridgehead atoms. The minimum absolute atomic E-state index is 0. The standard InChI is InChI=1S/C8H7N3O2S2.H2O/c12-6-4-9-8(14)11(6)10-7(13)5-2-1-3-15-5;/h1-3H,4H2,(H,9,14)(H,10,13);1H2. The zero-order chi connectivity index (χ0) is 10.8. The largest absolute Gasteiger partial charge is 0.412 e. The van der Waals surface area contributed by atoms with Gasteiger partial charge in [0.1, 0.15) is 0 Å². The third-order valence-electron chi connectivity index (χ3n) is 1.80. The summed E-state index contributed by atoms with van der Waals surface area (Å²) in [6, 6.07) is 3.44. The second-order valence-corrected chi connectivity index (χ2v) is 4.14. The molecule has 1 aromatic rings. The van der Waals surface area contributed by atoms with Gasteiger partial charge in [-0.3, -0.25) is 15.0 Å². The average Bonchev–Trinajstić information content (AvgIpc) is 2.82. The highest BCUT2D eigenvalue weighted by Crippen LogP contribution is 2.08. The number of amides is 2. The summed E-state index contributed by atoms with van der Waals surface area (Å²) in [5.41, 5.74) is 2.43. The van der Waals surface area contributed by atoms with Gasteiger partial charge < -0.3 is 10.8 Å². The van der Waals surface area contributed by atoms with E-state index in [1.807, 2.05) is 0 Å². The van der Waals surface area contributed by atoms with Gasteiger partial charge in [0.15, 0.2) is 5.11 Å². The van der Waals surface area contributed by atoms with E-state index in [0.717, 1.165) is 5.01 Å². The second kappa shape index (κ2) is 5.01. The van der Waals surface area contributed by atoms with Crippen molar-refractivity contribution in [3.8, 4) is 0 Å². The summed E-state index contributed by atoms with van der Waals surface area (Å²) in [5, 5.41) is 5.74. The van der Waals surface area contributed by atoms with E-state index in [1.165, 1.54) is 11.3 Å². The van der Waals surface area contributed by atoms with Gasteiger partial charge in [0.2, 0.25) is 0 Å². The first-order valence-corrected chi connectivity index (χ1v) is 5.42. The summed E-state index contributed by atoms with van der Waals surface area (Å²) in [4.78, 5) is 23.4.